The van der Waals surface area contributed by atoms with E-state index in [0.29, 0.717) is 4.21 Å². The minimum Gasteiger partial charge on any atom is -0.206 e. The Kier molecular flexibility index (Phi) is 4.45. The molecule has 1 aromatic heterocycles. The van der Waals surface area contributed by atoms with Crippen LogP contribution in [0.2, 0.25) is 0 Å². The Morgan fingerprint density at radius 3 is 2.32 bits per heavy atom. The van der Waals surface area contributed by atoms with Crippen molar-refractivity contribution in [1.29, 1.82) is 0 Å². The first-order valence-electron chi connectivity index (χ1n) is 5.73. The van der Waals surface area contributed by atoms with Crippen LogP contribution in [0.5, 0.6) is 0 Å². The van der Waals surface area contributed by atoms with Crippen LogP contribution in [0.1, 0.15) is 24.1 Å². The van der Waals surface area contributed by atoms with E-state index in [1.165, 1.54) is 11.3 Å². The van der Waals surface area contributed by atoms with Gasteiger partial charge in [0.2, 0.25) is 0 Å². The highest BCUT2D eigenvalue weighted by Gasteiger charge is 2.20. The molecule has 1 atom stereocenters. The molecular formula is C13H14BrNO2S2. The molecule has 0 saturated carbocycles. The van der Waals surface area contributed by atoms with Crippen LogP contribution in [0.3, 0.4) is 0 Å². The number of thiophene rings is 1. The molecule has 0 fully saturated rings. The second-order valence-electron chi connectivity index (χ2n) is 4.31. The lowest BCUT2D eigenvalue weighted by atomic mass is 10.1. The van der Waals surface area contributed by atoms with Crippen molar-refractivity contribution in [3.05, 3.63) is 51.3 Å². The summed E-state index contributed by atoms with van der Waals surface area (Å²) in [6.07, 6.45) is 0. The summed E-state index contributed by atoms with van der Waals surface area (Å²) in [4.78, 5) is 0. The highest BCUT2D eigenvalue weighted by atomic mass is 79.9. The van der Waals surface area contributed by atoms with E-state index in [1.54, 1.807) is 12.1 Å². The maximum atomic E-state index is 12.2. The van der Waals surface area contributed by atoms with Gasteiger partial charge in [0, 0.05) is 6.04 Å². The van der Waals surface area contributed by atoms with Gasteiger partial charge in [0.05, 0.1) is 3.79 Å². The molecule has 0 bridgehead atoms. The number of halogens is 1. The Balaban J connectivity index is 2.18. The summed E-state index contributed by atoms with van der Waals surface area (Å²) in [7, 11) is -3.46. The minimum absolute atomic E-state index is 0.258. The van der Waals surface area contributed by atoms with Crippen LogP contribution in [0, 0.1) is 6.92 Å². The summed E-state index contributed by atoms with van der Waals surface area (Å²) in [5.41, 5.74) is 2.10. The van der Waals surface area contributed by atoms with E-state index in [1.807, 2.05) is 38.1 Å². The fourth-order valence-corrected chi connectivity index (χ4v) is 4.91. The number of rotatable bonds is 4. The predicted molar refractivity (Wildman–Crippen MR) is 81.9 cm³/mol. The van der Waals surface area contributed by atoms with Gasteiger partial charge in [-0.05, 0) is 47.5 Å². The molecule has 0 aliphatic rings. The van der Waals surface area contributed by atoms with Crippen LogP contribution in [-0.4, -0.2) is 8.42 Å². The van der Waals surface area contributed by atoms with Gasteiger partial charge < -0.3 is 0 Å². The molecule has 1 heterocycles. The van der Waals surface area contributed by atoms with Crippen LogP contribution in [0.25, 0.3) is 0 Å². The average molecular weight is 360 g/mol. The second-order valence-corrected chi connectivity index (χ2v) is 8.72. The first-order valence-corrected chi connectivity index (χ1v) is 8.82. The van der Waals surface area contributed by atoms with E-state index in [-0.39, 0.29) is 6.04 Å². The lowest BCUT2D eigenvalue weighted by Crippen LogP contribution is -2.26. The van der Waals surface area contributed by atoms with Gasteiger partial charge in [-0.25, -0.2) is 13.1 Å². The molecule has 0 radical (unpaired) electrons. The fraction of sp³-hybridized carbons (Fsp3) is 0.231. The topological polar surface area (TPSA) is 46.2 Å². The van der Waals surface area contributed by atoms with Crippen molar-refractivity contribution in [1.82, 2.24) is 4.72 Å². The molecule has 1 aromatic carbocycles. The summed E-state index contributed by atoms with van der Waals surface area (Å²) in [5.74, 6) is 0. The van der Waals surface area contributed by atoms with Gasteiger partial charge in [0.1, 0.15) is 4.21 Å². The van der Waals surface area contributed by atoms with Crippen LogP contribution < -0.4 is 4.72 Å². The Morgan fingerprint density at radius 1 is 1.16 bits per heavy atom. The van der Waals surface area contributed by atoms with E-state index in [0.717, 1.165) is 14.9 Å². The molecule has 102 valence electrons. The van der Waals surface area contributed by atoms with Gasteiger partial charge in [-0.3, -0.25) is 0 Å². The van der Waals surface area contributed by atoms with Gasteiger partial charge in [0.15, 0.2) is 0 Å². The third-order valence-electron chi connectivity index (χ3n) is 2.72. The molecule has 0 aliphatic carbocycles. The lowest BCUT2D eigenvalue weighted by Gasteiger charge is -2.14. The zero-order chi connectivity index (χ0) is 14.0. The normalized spacial score (nSPS) is 13.4. The van der Waals surface area contributed by atoms with Crippen LogP contribution >= 0.6 is 27.3 Å². The average Bonchev–Trinajstić information content (AvgIpc) is 2.77. The van der Waals surface area contributed by atoms with E-state index >= 15 is 0 Å². The van der Waals surface area contributed by atoms with Gasteiger partial charge in [-0.15, -0.1) is 11.3 Å². The van der Waals surface area contributed by atoms with Crippen LogP contribution in [-0.2, 0) is 10.0 Å². The number of aryl methyl sites for hydroxylation is 1. The molecule has 2 aromatic rings. The standard InChI is InChI=1S/C13H14BrNO2S2/c1-9-3-5-11(6-4-9)10(2)15-19(16,17)13-8-7-12(14)18-13/h3-8,10,15H,1-2H3/t10-/m1/s1. The summed E-state index contributed by atoms with van der Waals surface area (Å²) < 4.78 is 28.2. The van der Waals surface area contributed by atoms with Gasteiger partial charge in [-0.1, -0.05) is 29.8 Å². The van der Waals surface area contributed by atoms with Gasteiger partial charge >= 0.3 is 0 Å². The Bertz CT molecular complexity index is 662. The van der Waals surface area contributed by atoms with E-state index < -0.39 is 10.0 Å². The third kappa shape index (κ3) is 3.66. The Labute approximate surface area is 125 Å². The van der Waals surface area contributed by atoms with Gasteiger partial charge in [0.25, 0.3) is 10.0 Å². The van der Waals surface area contributed by atoms with Crippen molar-refractivity contribution in [2.75, 3.05) is 0 Å². The molecule has 2 rings (SSSR count). The second kappa shape index (κ2) is 5.75. The molecule has 0 amide bonds. The van der Waals surface area contributed by atoms with Crippen molar-refractivity contribution in [3.8, 4) is 0 Å². The van der Waals surface area contributed by atoms with Crippen molar-refractivity contribution in [3.63, 3.8) is 0 Å². The molecule has 0 aliphatic heterocycles. The molecule has 19 heavy (non-hydrogen) atoms. The molecule has 0 unspecified atom stereocenters. The number of hydrogen-bond acceptors (Lipinski definition) is 3. The van der Waals surface area contributed by atoms with Crippen molar-refractivity contribution in [2.24, 2.45) is 0 Å². The van der Waals surface area contributed by atoms with Crippen molar-refractivity contribution < 1.29 is 8.42 Å². The molecule has 0 spiro atoms. The lowest BCUT2D eigenvalue weighted by molar-refractivity contribution is 0.569. The molecule has 6 heteroatoms. The van der Waals surface area contributed by atoms with Gasteiger partial charge in [-0.2, -0.15) is 0 Å². The quantitative estimate of drug-likeness (QED) is 0.900. The van der Waals surface area contributed by atoms with Crippen molar-refractivity contribution in [2.45, 2.75) is 24.1 Å². The SMILES string of the molecule is Cc1ccc([C@@H](C)NS(=O)(=O)c2ccc(Br)s2)cc1. The summed E-state index contributed by atoms with van der Waals surface area (Å²) in [6.45, 7) is 3.84. The predicted octanol–water partition coefficient (Wildman–Crippen LogP) is 3.86. The first kappa shape index (κ1) is 14.7. The maximum Gasteiger partial charge on any atom is 0.250 e. The summed E-state index contributed by atoms with van der Waals surface area (Å²) >= 11 is 4.47. The smallest absolute Gasteiger partial charge is 0.206 e. The Morgan fingerprint density at radius 2 is 1.79 bits per heavy atom. The van der Waals surface area contributed by atoms with Crippen molar-refractivity contribution >= 4 is 37.3 Å². The number of hydrogen-bond donors (Lipinski definition) is 1. The zero-order valence-corrected chi connectivity index (χ0v) is 13.8. The maximum absolute atomic E-state index is 12.2. The Hall–Kier alpha value is -0.690. The molecule has 3 nitrogen and oxygen atoms in total. The zero-order valence-electron chi connectivity index (χ0n) is 10.6. The van der Waals surface area contributed by atoms with Crippen LogP contribution in [0.15, 0.2) is 44.4 Å². The van der Waals surface area contributed by atoms with E-state index in [2.05, 4.69) is 20.7 Å². The number of nitrogens with one attached hydrogen (secondary N) is 1. The highest BCUT2D eigenvalue weighted by Crippen LogP contribution is 2.27. The van der Waals surface area contributed by atoms with E-state index in [9.17, 15) is 8.42 Å². The third-order valence-corrected chi connectivity index (χ3v) is 6.38. The number of sulfonamides is 1. The minimum atomic E-state index is -3.46. The monoisotopic (exact) mass is 359 g/mol. The molecule has 0 saturated heterocycles. The molecular weight excluding hydrogens is 346 g/mol. The van der Waals surface area contributed by atoms with Crippen LogP contribution in [0.4, 0.5) is 0 Å². The molecule has 1 N–H and O–H groups in total. The highest BCUT2D eigenvalue weighted by molar-refractivity contribution is 9.11. The fourth-order valence-electron chi connectivity index (χ4n) is 1.66. The largest absolute Gasteiger partial charge is 0.250 e. The van der Waals surface area contributed by atoms with E-state index in [4.69, 9.17) is 0 Å². The summed E-state index contributed by atoms with van der Waals surface area (Å²) in [6, 6.07) is 10.9. The number of benzene rings is 1. The summed E-state index contributed by atoms with van der Waals surface area (Å²) in [5, 5.41) is 0. The first-order chi connectivity index (χ1) is 8.88.